The number of aromatic hydroxyl groups is 1. The van der Waals surface area contributed by atoms with E-state index in [9.17, 15) is 4.79 Å². The molecule has 0 radical (unpaired) electrons. The van der Waals surface area contributed by atoms with Gasteiger partial charge in [0.15, 0.2) is 0 Å². The molecule has 0 saturated carbocycles. The third-order valence-electron chi connectivity index (χ3n) is 3.55. The highest BCUT2D eigenvalue weighted by molar-refractivity contribution is 5.87. The molecule has 0 saturated heterocycles. The smallest absolute Gasteiger partial charge is 0.330 e. The summed E-state index contributed by atoms with van der Waals surface area (Å²) >= 11 is 0. The molecule has 0 aliphatic carbocycles. The minimum atomic E-state index is -0.309. The Hall–Kier alpha value is -1.77. The van der Waals surface area contributed by atoms with Crippen LogP contribution in [0.15, 0.2) is 30.3 Å². The first-order valence-electron chi connectivity index (χ1n) is 8.36. The fourth-order valence-electron chi connectivity index (χ4n) is 2.21. The van der Waals surface area contributed by atoms with E-state index in [4.69, 9.17) is 9.84 Å². The van der Waals surface area contributed by atoms with Crippen LogP contribution in [0.2, 0.25) is 0 Å². The van der Waals surface area contributed by atoms with Crippen molar-refractivity contribution in [1.82, 2.24) is 0 Å². The summed E-state index contributed by atoms with van der Waals surface area (Å²) < 4.78 is 5.16. The van der Waals surface area contributed by atoms with Crippen LogP contribution < -0.4 is 0 Å². The normalized spacial score (nSPS) is 11.0. The number of hydrogen-bond acceptors (Lipinski definition) is 3. The number of rotatable bonds is 11. The monoisotopic (exact) mass is 304 g/mol. The number of unbranched alkanes of at least 4 members (excludes halogenated alkanes) is 7. The lowest BCUT2D eigenvalue weighted by atomic mass is 10.1. The summed E-state index contributed by atoms with van der Waals surface area (Å²) in [4.78, 5) is 11.5. The van der Waals surface area contributed by atoms with Crippen LogP contribution in [-0.4, -0.2) is 17.7 Å². The number of phenols is 1. The van der Waals surface area contributed by atoms with Gasteiger partial charge in [-0.25, -0.2) is 4.79 Å². The lowest BCUT2D eigenvalue weighted by molar-refractivity contribution is -0.137. The molecule has 0 amide bonds. The SMILES string of the molecule is CCCCCCCCCCOC(=O)/C=C/c1ccc(O)cc1. The topological polar surface area (TPSA) is 46.5 Å². The molecule has 1 aromatic rings. The van der Waals surface area contributed by atoms with E-state index in [2.05, 4.69) is 6.92 Å². The van der Waals surface area contributed by atoms with E-state index in [0.29, 0.717) is 6.61 Å². The number of ether oxygens (including phenoxy) is 1. The van der Waals surface area contributed by atoms with E-state index < -0.39 is 0 Å². The van der Waals surface area contributed by atoms with Gasteiger partial charge in [-0.3, -0.25) is 0 Å². The molecule has 0 fully saturated rings. The molecule has 3 nitrogen and oxygen atoms in total. The maximum absolute atomic E-state index is 11.5. The lowest BCUT2D eigenvalue weighted by Crippen LogP contribution is -2.02. The third kappa shape index (κ3) is 9.22. The highest BCUT2D eigenvalue weighted by Gasteiger charge is 1.97. The zero-order valence-corrected chi connectivity index (χ0v) is 13.6. The average molecular weight is 304 g/mol. The van der Waals surface area contributed by atoms with Crippen LogP contribution in [0.5, 0.6) is 5.75 Å². The summed E-state index contributed by atoms with van der Waals surface area (Å²) in [6.07, 6.45) is 13.0. The van der Waals surface area contributed by atoms with Gasteiger partial charge < -0.3 is 9.84 Å². The summed E-state index contributed by atoms with van der Waals surface area (Å²) in [5.41, 5.74) is 0.863. The summed E-state index contributed by atoms with van der Waals surface area (Å²) in [7, 11) is 0. The predicted molar refractivity (Wildman–Crippen MR) is 90.7 cm³/mol. The van der Waals surface area contributed by atoms with Gasteiger partial charge >= 0.3 is 5.97 Å². The number of benzene rings is 1. The van der Waals surface area contributed by atoms with Crippen molar-refractivity contribution in [3.8, 4) is 5.75 Å². The highest BCUT2D eigenvalue weighted by Crippen LogP contribution is 2.11. The van der Waals surface area contributed by atoms with Crippen LogP contribution in [0.1, 0.15) is 63.9 Å². The molecule has 1 rings (SSSR count). The Labute approximate surface area is 134 Å². The van der Waals surface area contributed by atoms with Crippen molar-refractivity contribution in [2.75, 3.05) is 6.61 Å². The van der Waals surface area contributed by atoms with Crippen LogP contribution in [0.3, 0.4) is 0 Å². The second-order valence-electron chi connectivity index (χ2n) is 5.57. The number of phenolic OH excluding ortho intramolecular Hbond substituents is 1. The van der Waals surface area contributed by atoms with Gasteiger partial charge in [-0.1, -0.05) is 64.0 Å². The first-order valence-corrected chi connectivity index (χ1v) is 8.36. The van der Waals surface area contributed by atoms with E-state index in [0.717, 1.165) is 18.4 Å². The van der Waals surface area contributed by atoms with Crippen molar-refractivity contribution in [1.29, 1.82) is 0 Å². The maximum atomic E-state index is 11.5. The molecule has 0 bridgehead atoms. The van der Waals surface area contributed by atoms with E-state index in [1.54, 1.807) is 30.3 Å². The van der Waals surface area contributed by atoms with Crippen molar-refractivity contribution in [3.05, 3.63) is 35.9 Å². The van der Waals surface area contributed by atoms with Gasteiger partial charge in [0.2, 0.25) is 0 Å². The Balaban J connectivity index is 2.02. The van der Waals surface area contributed by atoms with E-state index in [-0.39, 0.29) is 11.7 Å². The highest BCUT2D eigenvalue weighted by atomic mass is 16.5. The molecule has 0 aliphatic rings. The maximum Gasteiger partial charge on any atom is 0.330 e. The van der Waals surface area contributed by atoms with Crippen LogP contribution >= 0.6 is 0 Å². The first kappa shape index (κ1) is 18.3. The minimum Gasteiger partial charge on any atom is -0.508 e. The molecule has 1 N–H and O–H groups in total. The number of carbonyl (C=O) groups excluding carboxylic acids is 1. The van der Waals surface area contributed by atoms with Crippen molar-refractivity contribution in [3.63, 3.8) is 0 Å². The number of esters is 1. The second-order valence-corrected chi connectivity index (χ2v) is 5.57. The standard InChI is InChI=1S/C19H28O3/c1-2-3-4-5-6-7-8-9-16-22-19(21)15-12-17-10-13-18(20)14-11-17/h10-15,20H,2-9,16H2,1H3/b15-12+. The van der Waals surface area contributed by atoms with Crippen molar-refractivity contribution in [2.45, 2.75) is 58.3 Å². The molecule has 0 heterocycles. The molecule has 0 atom stereocenters. The van der Waals surface area contributed by atoms with Crippen LogP contribution in [-0.2, 0) is 9.53 Å². The molecular weight excluding hydrogens is 276 g/mol. The molecule has 22 heavy (non-hydrogen) atoms. The van der Waals surface area contributed by atoms with Crippen molar-refractivity contribution in [2.24, 2.45) is 0 Å². The summed E-state index contributed by atoms with van der Waals surface area (Å²) in [5, 5.41) is 9.17. The van der Waals surface area contributed by atoms with E-state index in [1.165, 1.54) is 44.6 Å². The Morgan fingerprint density at radius 3 is 2.23 bits per heavy atom. The van der Waals surface area contributed by atoms with Gasteiger partial charge in [-0.15, -0.1) is 0 Å². The Morgan fingerprint density at radius 2 is 1.59 bits per heavy atom. The zero-order valence-electron chi connectivity index (χ0n) is 13.6. The third-order valence-corrected chi connectivity index (χ3v) is 3.55. The van der Waals surface area contributed by atoms with Gasteiger partial charge in [0.25, 0.3) is 0 Å². The Bertz CT molecular complexity index is 434. The van der Waals surface area contributed by atoms with Gasteiger partial charge in [0.05, 0.1) is 6.61 Å². The van der Waals surface area contributed by atoms with Gasteiger partial charge in [-0.05, 0) is 30.2 Å². The molecule has 1 aromatic carbocycles. The van der Waals surface area contributed by atoms with Crippen LogP contribution in [0, 0.1) is 0 Å². The molecular formula is C19H28O3. The lowest BCUT2D eigenvalue weighted by Gasteiger charge is -2.03. The Morgan fingerprint density at radius 1 is 1.00 bits per heavy atom. The van der Waals surface area contributed by atoms with Crippen molar-refractivity contribution < 1.29 is 14.6 Å². The molecule has 122 valence electrons. The first-order chi connectivity index (χ1) is 10.7. The summed E-state index contributed by atoms with van der Waals surface area (Å²) in [6.45, 7) is 2.72. The molecule has 0 aromatic heterocycles. The van der Waals surface area contributed by atoms with E-state index in [1.807, 2.05) is 0 Å². The second kappa shape index (κ2) is 11.8. The predicted octanol–water partition coefficient (Wildman–Crippen LogP) is 5.09. The molecule has 0 aliphatic heterocycles. The Kier molecular flexibility index (Phi) is 9.84. The van der Waals surface area contributed by atoms with Crippen LogP contribution in [0.4, 0.5) is 0 Å². The van der Waals surface area contributed by atoms with E-state index >= 15 is 0 Å². The fourth-order valence-corrected chi connectivity index (χ4v) is 2.21. The number of hydrogen-bond donors (Lipinski definition) is 1. The van der Waals surface area contributed by atoms with Crippen LogP contribution in [0.25, 0.3) is 6.08 Å². The molecule has 3 heteroatoms. The number of carbonyl (C=O) groups is 1. The fraction of sp³-hybridized carbons (Fsp3) is 0.526. The molecule has 0 unspecified atom stereocenters. The largest absolute Gasteiger partial charge is 0.508 e. The minimum absolute atomic E-state index is 0.217. The van der Waals surface area contributed by atoms with Gasteiger partial charge in [0, 0.05) is 6.08 Å². The van der Waals surface area contributed by atoms with Gasteiger partial charge in [0.1, 0.15) is 5.75 Å². The molecule has 0 spiro atoms. The zero-order chi connectivity index (χ0) is 16.0. The van der Waals surface area contributed by atoms with Gasteiger partial charge in [-0.2, -0.15) is 0 Å². The quantitative estimate of drug-likeness (QED) is 0.352. The summed E-state index contributed by atoms with van der Waals surface area (Å²) in [5.74, 6) is -0.0922. The van der Waals surface area contributed by atoms with Crippen molar-refractivity contribution >= 4 is 12.0 Å². The average Bonchev–Trinajstić information content (AvgIpc) is 2.53. The summed E-state index contributed by atoms with van der Waals surface area (Å²) in [6, 6.07) is 6.67.